The summed E-state index contributed by atoms with van der Waals surface area (Å²) in [4.78, 5) is 20.4. The SMILES string of the molecule is COC(=O)c1ccc2ncnc(N[C@@H]3C[C@@H]4CC(CO)C[C@@H]43)c2c1. The summed E-state index contributed by atoms with van der Waals surface area (Å²) in [7, 11) is 1.37. The van der Waals surface area contributed by atoms with Crippen LogP contribution in [0.1, 0.15) is 29.6 Å². The van der Waals surface area contributed by atoms with Crippen LogP contribution in [0.15, 0.2) is 24.5 Å². The highest BCUT2D eigenvalue weighted by atomic mass is 16.5. The van der Waals surface area contributed by atoms with Gasteiger partial charge in [0.1, 0.15) is 12.1 Å². The van der Waals surface area contributed by atoms with Crippen LogP contribution in [-0.4, -0.2) is 40.8 Å². The van der Waals surface area contributed by atoms with Crippen molar-refractivity contribution >= 4 is 22.7 Å². The van der Waals surface area contributed by atoms with Gasteiger partial charge in [0.25, 0.3) is 0 Å². The fourth-order valence-corrected chi connectivity index (χ4v) is 4.25. The molecule has 2 aromatic rings. The zero-order chi connectivity index (χ0) is 16.7. The monoisotopic (exact) mass is 327 g/mol. The Bertz CT molecular complexity index is 779. The van der Waals surface area contributed by atoms with Crippen LogP contribution in [0.5, 0.6) is 0 Å². The molecule has 2 aliphatic carbocycles. The van der Waals surface area contributed by atoms with Gasteiger partial charge < -0.3 is 15.2 Å². The molecule has 0 aliphatic heterocycles. The maximum absolute atomic E-state index is 11.8. The van der Waals surface area contributed by atoms with Gasteiger partial charge in [-0.15, -0.1) is 0 Å². The fourth-order valence-electron chi connectivity index (χ4n) is 4.25. The second-order valence-electron chi connectivity index (χ2n) is 6.88. The molecule has 0 bridgehead atoms. The topological polar surface area (TPSA) is 84.3 Å². The third-order valence-corrected chi connectivity index (χ3v) is 5.56. The number of aliphatic hydroxyl groups excluding tert-OH is 1. The predicted octanol–water partition coefficient (Wildman–Crippen LogP) is 2.24. The minimum atomic E-state index is -0.364. The first-order valence-electron chi connectivity index (χ1n) is 8.40. The lowest BCUT2D eigenvalue weighted by Crippen LogP contribution is -2.43. The molecule has 4 rings (SSSR count). The third kappa shape index (κ3) is 2.51. The molecule has 2 aliphatic rings. The molecule has 24 heavy (non-hydrogen) atoms. The zero-order valence-electron chi connectivity index (χ0n) is 13.6. The van der Waals surface area contributed by atoms with Crippen LogP contribution < -0.4 is 5.32 Å². The summed E-state index contributed by atoms with van der Waals surface area (Å²) in [5.74, 6) is 2.17. The van der Waals surface area contributed by atoms with Gasteiger partial charge in [0.05, 0.1) is 18.2 Å². The molecule has 0 amide bonds. The van der Waals surface area contributed by atoms with Crippen molar-refractivity contribution in [3.63, 3.8) is 0 Å². The Morgan fingerprint density at radius 1 is 1.33 bits per heavy atom. The number of benzene rings is 1. The molecule has 1 aromatic heterocycles. The zero-order valence-corrected chi connectivity index (χ0v) is 13.6. The summed E-state index contributed by atoms with van der Waals surface area (Å²) in [6.45, 7) is 0.290. The van der Waals surface area contributed by atoms with Crippen molar-refractivity contribution in [1.29, 1.82) is 0 Å². The van der Waals surface area contributed by atoms with Gasteiger partial charge >= 0.3 is 5.97 Å². The number of esters is 1. The van der Waals surface area contributed by atoms with E-state index in [2.05, 4.69) is 15.3 Å². The molecule has 2 fully saturated rings. The van der Waals surface area contributed by atoms with Gasteiger partial charge in [0, 0.05) is 18.0 Å². The number of aromatic nitrogens is 2. The lowest BCUT2D eigenvalue weighted by molar-refractivity contribution is 0.0601. The van der Waals surface area contributed by atoms with E-state index in [0.29, 0.717) is 30.0 Å². The maximum atomic E-state index is 11.8. The van der Waals surface area contributed by atoms with E-state index < -0.39 is 0 Å². The predicted molar refractivity (Wildman–Crippen MR) is 89.7 cm³/mol. The highest BCUT2D eigenvalue weighted by Gasteiger charge is 2.47. The molecule has 1 unspecified atom stereocenters. The second kappa shape index (κ2) is 6.02. The number of hydrogen-bond acceptors (Lipinski definition) is 6. The highest BCUT2D eigenvalue weighted by molar-refractivity contribution is 5.97. The number of fused-ring (bicyclic) bond motifs is 2. The number of anilines is 1. The van der Waals surface area contributed by atoms with Gasteiger partial charge in [0.2, 0.25) is 0 Å². The molecule has 4 atom stereocenters. The molecule has 0 spiro atoms. The second-order valence-corrected chi connectivity index (χ2v) is 6.88. The van der Waals surface area contributed by atoms with Crippen molar-refractivity contribution < 1.29 is 14.6 Å². The van der Waals surface area contributed by atoms with Crippen LogP contribution in [0.25, 0.3) is 10.9 Å². The summed E-state index contributed by atoms with van der Waals surface area (Å²) in [5.41, 5.74) is 1.30. The van der Waals surface area contributed by atoms with Crippen LogP contribution in [0, 0.1) is 17.8 Å². The van der Waals surface area contributed by atoms with Crippen LogP contribution in [0.2, 0.25) is 0 Å². The van der Waals surface area contributed by atoms with Gasteiger partial charge in [-0.3, -0.25) is 0 Å². The van der Waals surface area contributed by atoms with E-state index in [-0.39, 0.29) is 5.97 Å². The van der Waals surface area contributed by atoms with E-state index >= 15 is 0 Å². The number of rotatable bonds is 4. The largest absolute Gasteiger partial charge is 0.465 e. The van der Waals surface area contributed by atoms with E-state index in [4.69, 9.17) is 4.74 Å². The Hall–Kier alpha value is -2.21. The van der Waals surface area contributed by atoms with Crippen molar-refractivity contribution in [2.45, 2.75) is 25.3 Å². The first-order valence-corrected chi connectivity index (χ1v) is 8.40. The summed E-state index contributed by atoms with van der Waals surface area (Å²) in [6, 6.07) is 5.69. The summed E-state index contributed by atoms with van der Waals surface area (Å²) in [5, 5.41) is 13.7. The maximum Gasteiger partial charge on any atom is 0.337 e. The number of ether oxygens (including phenoxy) is 1. The molecule has 0 saturated heterocycles. The molecular formula is C18H21N3O3. The highest BCUT2D eigenvalue weighted by Crippen LogP contribution is 2.50. The van der Waals surface area contributed by atoms with Crippen LogP contribution in [0.4, 0.5) is 5.82 Å². The van der Waals surface area contributed by atoms with E-state index in [1.165, 1.54) is 7.11 Å². The number of carbonyl (C=O) groups excluding carboxylic acids is 1. The fraction of sp³-hybridized carbons (Fsp3) is 0.500. The Labute approximate surface area is 140 Å². The number of carbonyl (C=O) groups is 1. The summed E-state index contributed by atoms with van der Waals surface area (Å²) >= 11 is 0. The normalized spacial score (nSPS) is 28.2. The Balaban J connectivity index is 1.59. The summed E-state index contributed by atoms with van der Waals surface area (Å²) < 4.78 is 4.80. The molecule has 2 saturated carbocycles. The van der Waals surface area contributed by atoms with Crippen LogP contribution in [0.3, 0.4) is 0 Å². The van der Waals surface area contributed by atoms with Crippen LogP contribution in [-0.2, 0) is 4.74 Å². The van der Waals surface area contributed by atoms with Crippen LogP contribution >= 0.6 is 0 Å². The first kappa shape index (κ1) is 15.3. The lowest BCUT2D eigenvalue weighted by Gasteiger charge is -2.41. The molecule has 126 valence electrons. The van der Waals surface area contributed by atoms with E-state index in [1.807, 2.05) is 6.07 Å². The Morgan fingerprint density at radius 2 is 2.21 bits per heavy atom. The lowest BCUT2D eigenvalue weighted by atomic mass is 9.71. The number of nitrogens with zero attached hydrogens (tertiary/aromatic N) is 2. The van der Waals surface area contributed by atoms with Gasteiger partial charge in [-0.05, 0) is 55.2 Å². The summed E-state index contributed by atoms with van der Waals surface area (Å²) in [6.07, 6.45) is 4.87. The standard InChI is InChI=1S/C18H21N3O3/c1-24-18(23)11-2-3-15-14(6-11)17(20-9-19-15)21-16-7-12-4-10(8-22)5-13(12)16/h2-3,6,9-10,12-13,16,22H,4-5,7-8H2,1H3,(H,19,20,21)/t10?,12-,13-,16+/m0/s1. The van der Waals surface area contributed by atoms with Gasteiger partial charge in [-0.25, -0.2) is 14.8 Å². The third-order valence-electron chi connectivity index (χ3n) is 5.56. The number of nitrogens with one attached hydrogen (secondary N) is 1. The Morgan fingerprint density at radius 3 is 3.00 bits per heavy atom. The quantitative estimate of drug-likeness (QED) is 0.838. The average molecular weight is 327 g/mol. The van der Waals surface area contributed by atoms with Crippen molar-refractivity contribution in [1.82, 2.24) is 9.97 Å². The Kier molecular flexibility index (Phi) is 3.84. The molecule has 6 heteroatoms. The van der Waals surface area contributed by atoms with Crippen molar-refractivity contribution in [3.8, 4) is 0 Å². The molecule has 6 nitrogen and oxygen atoms in total. The smallest absolute Gasteiger partial charge is 0.337 e. The van der Waals surface area contributed by atoms with E-state index in [0.717, 1.165) is 41.9 Å². The van der Waals surface area contributed by atoms with Crippen molar-refractivity contribution in [2.75, 3.05) is 19.0 Å². The van der Waals surface area contributed by atoms with Gasteiger partial charge in [0.15, 0.2) is 0 Å². The van der Waals surface area contributed by atoms with Crippen molar-refractivity contribution in [3.05, 3.63) is 30.1 Å². The number of methoxy groups -OCH3 is 1. The molecular weight excluding hydrogens is 306 g/mol. The molecule has 0 radical (unpaired) electrons. The van der Waals surface area contributed by atoms with E-state index in [1.54, 1.807) is 18.5 Å². The number of hydrogen-bond donors (Lipinski definition) is 2. The van der Waals surface area contributed by atoms with E-state index in [9.17, 15) is 9.90 Å². The minimum absolute atomic E-state index is 0.290. The molecule has 2 N–H and O–H groups in total. The van der Waals surface area contributed by atoms with Gasteiger partial charge in [-0.2, -0.15) is 0 Å². The molecule has 1 aromatic carbocycles. The minimum Gasteiger partial charge on any atom is -0.465 e. The van der Waals surface area contributed by atoms with Crippen molar-refractivity contribution in [2.24, 2.45) is 17.8 Å². The van der Waals surface area contributed by atoms with Gasteiger partial charge in [-0.1, -0.05) is 0 Å². The first-order chi connectivity index (χ1) is 11.7. The number of aliphatic hydroxyl groups is 1. The molecule has 1 heterocycles. The average Bonchev–Trinajstić information content (AvgIpc) is 2.95.